The van der Waals surface area contributed by atoms with Gasteiger partial charge in [0.15, 0.2) is 0 Å². The van der Waals surface area contributed by atoms with Crippen molar-refractivity contribution in [2.24, 2.45) is 11.1 Å². The van der Waals surface area contributed by atoms with Gasteiger partial charge in [-0.25, -0.2) is 4.79 Å². The van der Waals surface area contributed by atoms with Crippen molar-refractivity contribution in [3.63, 3.8) is 0 Å². The smallest absolute Gasteiger partial charge is 0.407 e. The van der Waals surface area contributed by atoms with E-state index >= 15 is 0 Å². The highest BCUT2D eigenvalue weighted by Crippen LogP contribution is 2.40. The number of alkyl carbamates (subject to hydrolysis) is 1. The van der Waals surface area contributed by atoms with Gasteiger partial charge in [-0.3, -0.25) is 4.79 Å². The molecular weight excluding hydrogens is 208 g/mol. The third-order valence-corrected chi connectivity index (χ3v) is 2.71. The zero-order valence-electron chi connectivity index (χ0n) is 10.3. The van der Waals surface area contributed by atoms with Crippen LogP contribution < -0.4 is 11.1 Å². The Morgan fingerprint density at radius 2 is 1.88 bits per heavy atom. The lowest BCUT2D eigenvalue weighted by molar-refractivity contribution is -0.132. The third-order valence-electron chi connectivity index (χ3n) is 2.71. The molecule has 0 atom stereocenters. The van der Waals surface area contributed by atoms with Gasteiger partial charge >= 0.3 is 6.09 Å². The minimum Gasteiger partial charge on any atom is -0.444 e. The molecule has 1 aliphatic rings. The van der Waals surface area contributed by atoms with Crippen molar-refractivity contribution in [2.75, 3.05) is 0 Å². The number of carbonyl (C=O) groups is 2. The number of primary amides is 1. The summed E-state index contributed by atoms with van der Waals surface area (Å²) in [7, 11) is 0. The van der Waals surface area contributed by atoms with Crippen LogP contribution in [0.2, 0.25) is 0 Å². The summed E-state index contributed by atoms with van der Waals surface area (Å²) in [5.41, 5.74) is 4.27. The number of nitrogens with two attached hydrogens (primary N) is 1. The second-order valence-electron chi connectivity index (χ2n) is 5.68. The average molecular weight is 228 g/mol. The minimum absolute atomic E-state index is 0.00708. The average Bonchev–Trinajstić information content (AvgIpc) is 1.96. The Morgan fingerprint density at radius 1 is 1.38 bits per heavy atom. The number of nitrogens with one attached hydrogen (secondary N) is 1. The summed E-state index contributed by atoms with van der Waals surface area (Å²) in [4.78, 5) is 22.4. The Morgan fingerprint density at radius 3 is 2.25 bits per heavy atom. The van der Waals surface area contributed by atoms with Crippen molar-refractivity contribution in [3.05, 3.63) is 0 Å². The molecule has 0 unspecified atom stereocenters. The molecule has 1 aliphatic carbocycles. The van der Waals surface area contributed by atoms with Crippen LogP contribution in [0.25, 0.3) is 0 Å². The van der Waals surface area contributed by atoms with Crippen molar-refractivity contribution in [1.82, 2.24) is 5.32 Å². The fourth-order valence-electron chi connectivity index (χ4n) is 1.81. The van der Waals surface area contributed by atoms with Gasteiger partial charge in [0.25, 0.3) is 0 Å². The summed E-state index contributed by atoms with van der Waals surface area (Å²) >= 11 is 0. The minimum atomic E-state index is -0.499. The normalized spacial score (nSPS) is 29.1. The molecule has 0 bridgehead atoms. The maximum absolute atomic E-state index is 11.4. The van der Waals surface area contributed by atoms with Crippen LogP contribution in [-0.4, -0.2) is 23.6 Å². The number of hydrogen-bond donors (Lipinski definition) is 2. The first-order valence-electron chi connectivity index (χ1n) is 5.42. The van der Waals surface area contributed by atoms with Crippen LogP contribution in [0, 0.1) is 5.41 Å². The van der Waals surface area contributed by atoms with Crippen molar-refractivity contribution in [3.8, 4) is 0 Å². The summed E-state index contributed by atoms with van der Waals surface area (Å²) in [5, 5.41) is 2.71. The standard InChI is InChI=1S/C11H20N2O3/c1-10(2,3)16-9(15)13-7-5-11(4,6-7)8(12)14/h7H,5-6H2,1-4H3,(H2,12,14)(H,13,15). The van der Waals surface area contributed by atoms with Gasteiger partial charge in [-0.05, 0) is 33.6 Å². The Balaban J connectivity index is 2.33. The van der Waals surface area contributed by atoms with Gasteiger partial charge in [0.1, 0.15) is 5.60 Å². The molecule has 5 heteroatoms. The largest absolute Gasteiger partial charge is 0.444 e. The Kier molecular flexibility index (Phi) is 3.17. The first-order chi connectivity index (χ1) is 7.12. The van der Waals surface area contributed by atoms with Gasteiger partial charge in [0, 0.05) is 6.04 Å². The van der Waals surface area contributed by atoms with E-state index in [1.54, 1.807) is 20.8 Å². The van der Waals surface area contributed by atoms with Gasteiger partial charge in [0.05, 0.1) is 5.41 Å². The van der Waals surface area contributed by atoms with Crippen LogP contribution >= 0.6 is 0 Å². The van der Waals surface area contributed by atoms with Crippen molar-refractivity contribution < 1.29 is 14.3 Å². The monoisotopic (exact) mass is 228 g/mol. The fraction of sp³-hybridized carbons (Fsp3) is 0.818. The molecule has 92 valence electrons. The molecule has 2 amide bonds. The van der Waals surface area contributed by atoms with Gasteiger partial charge < -0.3 is 15.8 Å². The zero-order valence-corrected chi connectivity index (χ0v) is 10.3. The molecule has 0 saturated heterocycles. The lowest BCUT2D eigenvalue weighted by atomic mass is 9.66. The molecule has 1 saturated carbocycles. The van der Waals surface area contributed by atoms with Gasteiger partial charge in [-0.1, -0.05) is 6.92 Å². The number of hydrogen-bond acceptors (Lipinski definition) is 3. The van der Waals surface area contributed by atoms with Gasteiger partial charge in [-0.15, -0.1) is 0 Å². The lowest BCUT2D eigenvalue weighted by Crippen LogP contribution is -2.55. The lowest BCUT2D eigenvalue weighted by Gasteiger charge is -2.42. The van der Waals surface area contributed by atoms with E-state index in [1.807, 2.05) is 6.92 Å². The van der Waals surface area contributed by atoms with E-state index in [0.29, 0.717) is 12.8 Å². The predicted octanol–water partition coefficient (Wildman–Crippen LogP) is 1.17. The topological polar surface area (TPSA) is 81.4 Å². The summed E-state index contributed by atoms with van der Waals surface area (Å²) in [6, 6.07) is -0.00708. The first-order valence-corrected chi connectivity index (χ1v) is 5.42. The molecule has 0 spiro atoms. The van der Waals surface area contributed by atoms with E-state index in [2.05, 4.69) is 5.32 Å². The van der Waals surface area contributed by atoms with Crippen molar-refractivity contribution >= 4 is 12.0 Å². The predicted molar refractivity (Wildman–Crippen MR) is 59.7 cm³/mol. The van der Waals surface area contributed by atoms with Crippen LogP contribution in [0.4, 0.5) is 4.79 Å². The quantitative estimate of drug-likeness (QED) is 0.744. The third kappa shape index (κ3) is 3.12. The summed E-state index contributed by atoms with van der Waals surface area (Å²) in [6.07, 6.45) is 0.729. The molecule has 0 radical (unpaired) electrons. The van der Waals surface area contributed by atoms with Gasteiger partial charge in [0.2, 0.25) is 5.91 Å². The molecular formula is C11H20N2O3. The van der Waals surface area contributed by atoms with Crippen molar-refractivity contribution in [2.45, 2.75) is 52.2 Å². The highest BCUT2D eigenvalue weighted by molar-refractivity contribution is 5.82. The summed E-state index contributed by atoms with van der Waals surface area (Å²) < 4.78 is 5.11. The Bertz CT molecular complexity index is 301. The molecule has 1 rings (SSSR count). The molecule has 0 aromatic heterocycles. The van der Waals surface area contributed by atoms with Crippen LogP contribution in [0.3, 0.4) is 0 Å². The molecule has 1 fully saturated rings. The first kappa shape index (κ1) is 12.8. The van der Waals surface area contributed by atoms with E-state index in [1.165, 1.54) is 0 Å². The van der Waals surface area contributed by atoms with E-state index in [9.17, 15) is 9.59 Å². The van der Waals surface area contributed by atoms with Crippen LogP contribution in [0.15, 0.2) is 0 Å². The van der Waals surface area contributed by atoms with Crippen molar-refractivity contribution in [1.29, 1.82) is 0 Å². The maximum Gasteiger partial charge on any atom is 0.407 e. The Labute approximate surface area is 95.7 Å². The summed E-state index contributed by atoms with van der Waals surface area (Å²) in [5.74, 6) is -0.310. The number of carbonyl (C=O) groups excluding carboxylic acids is 2. The Hall–Kier alpha value is -1.26. The second-order valence-corrected chi connectivity index (χ2v) is 5.68. The van der Waals surface area contributed by atoms with E-state index in [4.69, 9.17) is 10.5 Å². The maximum atomic E-state index is 11.4. The number of amides is 2. The molecule has 0 heterocycles. The number of ether oxygens (including phenoxy) is 1. The number of rotatable bonds is 2. The van der Waals surface area contributed by atoms with Crippen LogP contribution in [0.5, 0.6) is 0 Å². The molecule has 0 aromatic rings. The van der Waals surface area contributed by atoms with Crippen LogP contribution in [0.1, 0.15) is 40.5 Å². The second kappa shape index (κ2) is 3.96. The molecule has 0 aromatic carbocycles. The van der Waals surface area contributed by atoms with Crippen LogP contribution in [-0.2, 0) is 9.53 Å². The SMILES string of the molecule is CC(C)(C)OC(=O)NC1CC(C)(C(N)=O)C1. The van der Waals surface area contributed by atoms with E-state index in [-0.39, 0.29) is 11.9 Å². The zero-order chi connectivity index (χ0) is 12.6. The van der Waals surface area contributed by atoms with Gasteiger partial charge in [-0.2, -0.15) is 0 Å². The highest BCUT2D eigenvalue weighted by Gasteiger charge is 2.45. The molecule has 5 nitrogen and oxygen atoms in total. The molecule has 16 heavy (non-hydrogen) atoms. The molecule has 0 aliphatic heterocycles. The van der Waals surface area contributed by atoms with E-state index in [0.717, 1.165) is 0 Å². The highest BCUT2D eigenvalue weighted by atomic mass is 16.6. The fourth-order valence-corrected chi connectivity index (χ4v) is 1.81. The van der Waals surface area contributed by atoms with E-state index < -0.39 is 17.1 Å². The summed E-state index contributed by atoms with van der Waals surface area (Å²) in [6.45, 7) is 7.23. The molecule has 3 N–H and O–H groups in total.